The van der Waals surface area contributed by atoms with Crippen LogP contribution in [0.1, 0.15) is 19.2 Å². The van der Waals surface area contributed by atoms with E-state index in [0.29, 0.717) is 0 Å². The van der Waals surface area contributed by atoms with E-state index in [4.69, 9.17) is 0 Å². The van der Waals surface area contributed by atoms with Crippen molar-refractivity contribution in [3.05, 3.63) is 48.7 Å². The number of aromatic nitrogens is 7. The monoisotopic (exact) mass is 321 g/mol. The Labute approximate surface area is 139 Å². The molecule has 0 bridgehead atoms. The number of para-hydroxylation sites is 2. The second kappa shape index (κ2) is 6.27. The first kappa shape index (κ1) is 14.6. The number of rotatable bonds is 6. The maximum absolute atomic E-state index is 4.59. The number of benzene rings is 1. The smallest absolute Gasteiger partial charge is 0.162 e. The Hall–Kier alpha value is -2.96. The summed E-state index contributed by atoms with van der Waals surface area (Å²) in [7, 11) is 0. The lowest BCUT2D eigenvalue weighted by molar-refractivity contribution is 0.580. The van der Waals surface area contributed by atoms with E-state index in [1.807, 2.05) is 41.3 Å². The van der Waals surface area contributed by atoms with Crippen molar-refractivity contribution in [2.45, 2.75) is 32.9 Å². The zero-order chi connectivity index (χ0) is 16.4. The lowest BCUT2D eigenvalue weighted by Gasteiger charge is -2.02. The first-order valence-electron chi connectivity index (χ1n) is 8.19. The standard InChI is InChI=1S/C17H19N7/c1-2-9-23-11-8-18-17(23)15-12-24(22-21-15)10-7-16-19-13-5-3-4-6-14(13)20-16/h3-6,8,11-12H,2,7,9-10H2,1H3,(H,19,20). The number of aromatic amines is 1. The van der Waals surface area contributed by atoms with E-state index < -0.39 is 0 Å². The highest BCUT2D eigenvalue weighted by Gasteiger charge is 2.10. The first-order chi connectivity index (χ1) is 11.8. The van der Waals surface area contributed by atoms with Crippen molar-refractivity contribution in [1.82, 2.24) is 34.5 Å². The van der Waals surface area contributed by atoms with Crippen LogP contribution in [0.15, 0.2) is 42.9 Å². The molecule has 1 aromatic carbocycles. The first-order valence-corrected chi connectivity index (χ1v) is 8.19. The lowest BCUT2D eigenvalue weighted by atomic mass is 10.3. The molecule has 0 fully saturated rings. The summed E-state index contributed by atoms with van der Waals surface area (Å²) in [5.74, 6) is 1.83. The van der Waals surface area contributed by atoms with E-state index in [1.165, 1.54) is 0 Å². The number of aryl methyl sites for hydroxylation is 3. The number of hydrogen-bond donors (Lipinski definition) is 1. The molecule has 3 heterocycles. The van der Waals surface area contributed by atoms with E-state index >= 15 is 0 Å². The lowest BCUT2D eigenvalue weighted by Crippen LogP contribution is -2.03. The molecule has 0 spiro atoms. The second-order valence-electron chi connectivity index (χ2n) is 5.76. The molecule has 0 saturated heterocycles. The van der Waals surface area contributed by atoms with Gasteiger partial charge in [0.25, 0.3) is 0 Å². The molecule has 4 rings (SSSR count). The highest BCUT2D eigenvalue weighted by Crippen LogP contribution is 2.15. The third-order valence-corrected chi connectivity index (χ3v) is 3.96. The summed E-state index contributed by atoms with van der Waals surface area (Å²) >= 11 is 0. The molecule has 0 aliphatic heterocycles. The molecule has 0 saturated carbocycles. The van der Waals surface area contributed by atoms with Gasteiger partial charge in [0, 0.05) is 31.9 Å². The maximum atomic E-state index is 4.59. The SMILES string of the molecule is CCCn1ccnc1-c1cn(CCc2nc3ccccc3[nH]2)nn1. The molecule has 122 valence electrons. The van der Waals surface area contributed by atoms with E-state index in [0.717, 1.165) is 54.3 Å². The molecule has 7 heteroatoms. The quantitative estimate of drug-likeness (QED) is 0.592. The zero-order valence-corrected chi connectivity index (χ0v) is 13.6. The highest BCUT2D eigenvalue weighted by atomic mass is 15.4. The van der Waals surface area contributed by atoms with Crippen molar-refractivity contribution in [2.75, 3.05) is 0 Å². The van der Waals surface area contributed by atoms with Gasteiger partial charge in [-0.15, -0.1) is 5.10 Å². The molecule has 0 amide bonds. The van der Waals surface area contributed by atoms with Gasteiger partial charge < -0.3 is 9.55 Å². The van der Waals surface area contributed by atoms with Crippen LogP contribution in [0.25, 0.3) is 22.6 Å². The van der Waals surface area contributed by atoms with Crippen LogP contribution in [0.4, 0.5) is 0 Å². The molecule has 4 aromatic rings. The van der Waals surface area contributed by atoms with E-state index in [-0.39, 0.29) is 0 Å². The van der Waals surface area contributed by atoms with Gasteiger partial charge in [-0.2, -0.15) is 0 Å². The Morgan fingerprint density at radius 1 is 1.17 bits per heavy atom. The van der Waals surface area contributed by atoms with Crippen molar-refractivity contribution >= 4 is 11.0 Å². The van der Waals surface area contributed by atoms with Crippen molar-refractivity contribution < 1.29 is 0 Å². The summed E-state index contributed by atoms with van der Waals surface area (Å²) in [4.78, 5) is 12.3. The van der Waals surface area contributed by atoms with Crippen LogP contribution in [0, 0.1) is 0 Å². The molecule has 0 atom stereocenters. The Balaban J connectivity index is 1.48. The fraction of sp³-hybridized carbons (Fsp3) is 0.294. The minimum Gasteiger partial charge on any atom is -0.342 e. The van der Waals surface area contributed by atoms with Gasteiger partial charge in [-0.05, 0) is 18.6 Å². The van der Waals surface area contributed by atoms with E-state index in [9.17, 15) is 0 Å². The molecular formula is C17H19N7. The van der Waals surface area contributed by atoms with Gasteiger partial charge in [-0.1, -0.05) is 24.3 Å². The Kier molecular flexibility index (Phi) is 3.82. The molecule has 0 radical (unpaired) electrons. The summed E-state index contributed by atoms with van der Waals surface area (Å²) < 4.78 is 3.95. The minimum absolute atomic E-state index is 0.724. The van der Waals surface area contributed by atoms with Gasteiger partial charge in [0.05, 0.1) is 17.2 Å². The third kappa shape index (κ3) is 2.80. The molecule has 0 unspecified atom stereocenters. The number of fused-ring (bicyclic) bond motifs is 1. The van der Waals surface area contributed by atoms with Crippen LogP contribution in [-0.2, 0) is 19.5 Å². The van der Waals surface area contributed by atoms with Gasteiger partial charge in [-0.25, -0.2) is 9.97 Å². The van der Waals surface area contributed by atoms with Gasteiger partial charge in [0.2, 0.25) is 0 Å². The molecule has 7 nitrogen and oxygen atoms in total. The number of nitrogens with one attached hydrogen (secondary N) is 1. The van der Waals surface area contributed by atoms with Gasteiger partial charge in [-0.3, -0.25) is 4.68 Å². The molecule has 0 aliphatic carbocycles. The Bertz CT molecular complexity index is 914. The number of H-pyrrole nitrogens is 1. The highest BCUT2D eigenvalue weighted by molar-refractivity contribution is 5.74. The maximum Gasteiger partial charge on any atom is 0.162 e. The van der Waals surface area contributed by atoms with Crippen molar-refractivity contribution in [2.24, 2.45) is 0 Å². The van der Waals surface area contributed by atoms with E-state index in [1.54, 1.807) is 6.20 Å². The van der Waals surface area contributed by atoms with Gasteiger partial charge in [0.15, 0.2) is 5.82 Å². The van der Waals surface area contributed by atoms with Crippen molar-refractivity contribution in [3.63, 3.8) is 0 Å². The average Bonchev–Trinajstić information content (AvgIpc) is 3.31. The van der Waals surface area contributed by atoms with Crippen LogP contribution >= 0.6 is 0 Å². The minimum atomic E-state index is 0.724. The summed E-state index contributed by atoms with van der Waals surface area (Å²) in [5, 5.41) is 8.47. The summed E-state index contributed by atoms with van der Waals surface area (Å²) in [6.45, 7) is 3.80. The fourth-order valence-electron chi connectivity index (χ4n) is 2.82. The Morgan fingerprint density at radius 2 is 2.08 bits per heavy atom. The molecule has 1 N–H and O–H groups in total. The number of nitrogens with zero attached hydrogens (tertiary/aromatic N) is 6. The summed E-state index contributed by atoms with van der Waals surface area (Å²) in [6.07, 6.45) is 7.56. The van der Waals surface area contributed by atoms with E-state index in [2.05, 4.69) is 36.8 Å². The summed E-state index contributed by atoms with van der Waals surface area (Å²) in [6, 6.07) is 8.05. The number of imidazole rings is 2. The molecular weight excluding hydrogens is 302 g/mol. The van der Waals surface area contributed by atoms with Crippen LogP contribution in [0.3, 0.4) is 0 Å². The average molecular weight is 321 g/mol. The van der Waals surface area contributed by atoms with Gasteiger partial charge >= 0.3 is 0 Å². The van der Waals surface area contributed by atoms with Gasteiger partial charge in [0.1, 0.15) is 11.5 Å². The van der Waals surface area contributed by atoms with Crippen molar-refractivity contribution in [1.29, 1.82) is 0 Å². The zero-order valence-electron chi connectivity index (χ0n) is 13.6. The largest absolute Gasteiger partial charge is 0.342 e. The molecule has 0 aliphatic rings. The van der Waals surface area contributed by atoms with Crippen LogP contribution in [0.2, 0.25) is 0 Å². The molecule has 24 heavy (non-hydrogen) atoms. The number of hydrogen-bond acceptors (Lipinski definition) is 4. The third-order valence-electron chi connectivity index (χ3n) is 3.96. The van der Waals surface area contributed by atoms with Crippen molar-refractivity contribution in [3.8, 4) is 11.5 Å². The normalized spacial score (nSPS) is 11.4. The predicted octanol–water partition coefficient (Wildman–Crippen LogP) is 2.67. The topological polar surface area (TPSA) is 77.2 Å². The fourth-order valence-corrected chi connectivity index (χ4v) is 2.82. The summed E-state index contributed by atoms with van der Waals surface area (Å²) in [5.41, 5.74) is 2.86. The predicted molar refractivity (Wildman–Crippen MR) is 91.3 cm³/mol. The van der Waals surface area contributed by atoms with Crippen LogP contribution in [-0.4, -0.2) is 34.5 Å². The van der Waals surface area contributed by atoms with Crippen LogP contribution in [0.5, 0.6) is 0 Å². The second-order valence-corrected chi connectivity index (χ2v) is 5.76. The Morgan fingerprint density at radius 3 is 2.96 bits per heavy atom. The molecule has 3 aromatic heterocycles. The van der Waals surface area contributed by atoms with Crippen LogP contribution < -0.4 is 0 Å².